The van der Waals surface area contributed by atoms with Gasteiger partial charge in [-0.3, -0.25) is 9.48 Å². The number of hydrogen-bond donors (Lipinski definition) is 0. The normalized spacial score (nSPS) is 15.9. The molecular weight excluding hydrogens is 410 g/mol. The third kappa shape index (κ3) is 3.85. The Morgan fingerprint density at radius 1 is 1.23 bits per heavy atom. The largest absolute Gasteiger partial charge is 0.493 e. The molecule has 4 rings (SSSR count). The van der Waals surface area contributed by atoms with Crippen LogP contribution in [0.3, 0.4) is 0 Å². The van der Waals surface area contributed by atoms with Crippen molar-refractivity contribution in [3.05, 3.63) is 68.7 Å². The summed E-state index contributed by atoms with van der Waals surface area (Å²) < 4.78 is 12.9. The fourth-order valence-corrected chi connectivity index (χ4v) is 5.07. The summed E-state index contributed by atoms with van der Waals surface area (Å²) in [5.74, 6) is 1.38. The Morgan fingerprint density at radius 2 is 1.97 bits per heavy atom. The molecule has 1 aliphatic rings. The molecule has 1 aliphatic heterocycles. The number of nitrogens with zero attached hydrogens (tertiary/aromatic N) is 3. The van der Waals surface area contributed by atoms with Gasteiger partial charge >= 0.3 is 0 Å². The van der Waals surface area contributed by atoms with E-state index in [1.165, 1.54) is 5.56 Å². The molecule has 31 heavy (non-hydrogen) atoms. The van der Waals surface area contributed by atoms with Gasteiger partial charge < -0.3 is 14.4 Å². The Kier molecular flexibility index (Phi) is 5.87. The van der Waals surface area contributed by atoms with Crippen molar-refractivity contribution in [1.29, 1.82) is 0 Å². The summed E-state index contributed by atoms with van der Waals surface area (Å²) >= 11 is 1.66. The second-order valence-corrected chi connectivity index (χ2v) is 8.63. The van der Waals surface area contributed by atoms with E-state index in [4.69, 9.17) is 9.47 Å². The van der Waals surface area contributed by atoms with Gasteiger partial charge in [-0.05, 0) is 61.1 Å². The van der Waals surface area contributed by atoms with E-state index in [2.05, 4.69) is 11.2 Å². The SMILES string of the molecule is COc1cc2c(cc1OC)C(c1cccs1)N(C(=O)C=Cc1c(C)nn(C)c1C)CC2. The van der Waals surface area contributed by atoms with Crippen molar-refractivity contribution in [2.75, 3.05) is 20.8 Å². The first kappa shape index (κ1) is 21.2. The summed E-state index contributed by atoms with van der Waals surface area (Å²) in [6.07, 6.45) is 4.32. The minimum atomic E-state index is -0.156. The molecule has 162 valence electrons. The fraction of sp³-hybridized carbons (Fsp3) is 0.333. The molecule has 0 bridgehead atoms. The van der Waals surface area contributed by atoms with Gasteiger partial charge in [0.25, 0.3) is 0 Å². The molecular formula is C24H27N3O3S. The summed E-state index contributed by atoms with van der Waals surface area (Å²) in [6.45, 7) is 4.61. The molecule has 6 nitrogen and oxygen atoms in total. The summed E-state index contributed by atoms with van der Waals surface area (Å²) in [4.78, 5) is 16.4. The second-order valence-electron chi connectivity index (χ2n) is 7.65. The number of benzene rings is 1. The number of rotatable bonds is 5. The molecule has 1 atom stereocenters. The maximum absolute atomic E-state index is 13.4. The Balaban J connectivity index is 1.73. The number of methoxy groups -OCH3 is 2. The highest BCUT2D eigenvalue weighted by Gasteiger charge is 2.33. The van der Waals surface area contributed by atoms with Crippen LogP contribution < -0.4 is 9.47 Å². The number of aromatic nitrogens is 2. The Labute approximate surface area is 186 Å². The van der Waals surface area contributed by atoms with Crippen LogP contribution in [0, 0.1) is 13.8 Å². The molecule has 0 saturated carbocycles. The molecule has 0 N–H and O–H groups in total. The van der Waals surface area contributed by atoms with Gasteiger partial charge in [0.2, 0.25) is 5.91 Å². The topological polar surface area (TPSA) is 56.6 Å². The van der Waals surface area contributed by atoms with Crippen molar-refractivity contribution < 1.29 is 14.3 Å². The van der Waals surface area contributed by atoms with Gasteiger partial charge in [-0.1, -0.05) is 6.07 Å². The molecule has 3 aromatic rings. The molecule has 1 unspecified atom stereocenters. The van der Waals surface area contributed by atoms with Gasteiger partial charge in [-0.2, -0.15) is 5.10 Å². The number of hydrogen-bond acceptors (Lipinski definition) is 5. The lowest BCUT2D eigenvalue weighted by Gasteiger charge is -2.37. The molecule has 2 aromatic heterocycles. The maximum atomic E-state index is 13.4. The smallest absolute Gasteiger partial charge is 0.247 e. The van der Waals surface area contributed by atoms with Crippen molar-refractivity contribution in [2.45, 2.75) is 26.3 Å². The monoisotopic (exact) mass is 437 g/mol. The first-order valence-electron chi connectivity index (χ1n) is 10.2. The zero-order valence-electron chi connectivity index (χ0n) is 18.5. The van der Waals surface area contributed by atoms with Crippen LogP contribution in [0.15, 0.2) is 35.7 Å². The number of fused-ring (bicyclic) bond motifs is 1. The molecule has 0 fully saturated rings. The van der Waals surface area contributed by atoms with Gasteiger partial charge in [-0.15, -0.1) is 11.3 Å². The van der Waals surface area contributed by atoms with Crippen LogP contribution in [0.2, 0.25) is 0 Å². The number of carbonyl (C=O) groups excluding carboxylic acids is 1. The van der Waals surface area contributed by atoms with Crippen molar-refractivity contribution in [3.63, 3.8) is 0 Å². The molecule has 0 radical (unpaired) electrons. The fourth-order valence-electron chi connectivity index (χ4n) is 4.22. The van der Waals surface area contributed by atoms with E-state index in [-0.39, 0.29) is 11.9 Å². The minimum Gasteiger partial charge on any atom is -0.493 e. The summed E-state index contributed by atoms with van der Waals surface area (Å²) in [6, 6.07) is 8.00. The second kappa shape index (κ2) is 8.59. The molecule has 0 saturated heterocycles. The quantitative estimate of drug-likeness (QED) is 0.559. The lowest BCUT2D eigenvalue weighted by atomic mass is 9.90. The Morgan fingerprint density at radius 3 is 2.58 bits per heavy atom. The van der Waals surface area contributed by atoms with Gasteiger partial charge in [0.1, 0.15) is 0 Å². The van der Waals surface area contributed by atoms with Gasteiger partial charge in [0.15, 0.2) is 11.5 Å². The van der Waals surface area contributed by atoms with Crippen LogP contribution in [0.25, 0.3) is 6.08 Å². The van der Waals surface area contributed by atoms with Crippen molar-refractivity contribution >= 4 is 23.3 Å². The highest BCUT2D eigenvalue weighted by molar-refractivity contribution is 7.10. The summed E-state index contributed by atoms with van der Waals surface area (Å²) in [7, 11) is 5.20. The molecule has 0 aliphatic carbocycles. The average Bonchev–Trinajstić information content (AvgIpc) is 3.38. The molecule has 1 aromatic carbocycles. The minimum absolute atomic E-state index is 0.0125. The third-order valence-corrected chi connectivity index (χ3v) is 6.85. The zero-order chi connectivity index (χ0) is 22.1. The number of thiophene rings is 1. The van der Waals surface area contributed by atoms with E-state index >= 15 is 0 Å². The van der Waals surface area contributed by atoms with E-state index in [1.807, 2.05) is 60.1 Å². The van der Waals surface area contributed by atoms with Crippen LogP contribution in [-0.4, -0.2) is 41.4 Å². The van der Waals surface area contributed by atoms with Gasteiger partial charge in [-0.25, -0.2) is 0 Å². The van der Waals surface area contributed by atoms with E-state index in [9.17, 15) is 4.79 Å². The lowest BCUT2D eigenvalue weighted by Crippen LogP contribution is -2.39. The number of ether oxygens (including phenoxy) is 2. The van der Waals surface area contributed by atoms with Crippen LogP contribution in [0.5, 0.6) is 11.5 Å². The lowest BCUT2D eigenvalue weighted by molar-refractivity contribution is -0.127. The van der Waals surface area contributed by atoms with Crippen LogP contribution in [-0.2, 0) is 18.3 Å². The standard InChI is InChI=1S/C24H27N3O3S/c1-15-18(16(2)26(3)25-15)8-9-23(28)27-11-10-17-13-20(29-4)21(30-5)14-19(17)24(27)22-7-6-12-31-22/h6-9,12-14,24H,10-11H2,1-5H3. The van der Waals surface area contributed by atoms with Crippen molar-refractivity contribution in [1.82, 2.24) is 14.7 Å². The molecule has 0 spiro atoms. The first-order valence-corrected chi connectivity index (χ1v) is 11.1. The average molecular weight is 438 g/mol. The van der Waals surface area contributed by atoms with E-state index in [0.29, 0.717) is 18.0 Å². The predicted octanol–water partition coefficient (Wildman–Crippen LogP) is 4.30. The number of carbonyl (C=O) groups is 1. The highest BCUT2D eigenvalue weighted by Crippen LogP contribution is 2.42. The predicted molar refractivity (Wildman–Crippen MR) is 123 cm³/mol. The van der Waals surface area contributed by atoms with Gasteiger partial charge in [0.05, 0.1) is 26.0 Å². The number of amides is 1. The number of aryl methyl sites for hydroxylation is 2. The van der Waals surface area contributed by atoms with Crippen LogP contribution >= 0.6 is 11.3 Å². The van der Waals surface area contributed by atoms with E-state index in [1.54, 1.807) is 31.6 Å². The third-order valence-electron chi connectivity index (χ3n) is 5.93. The summed E-state index contributed by atoms with van der Waals surface area (Å²) in [5, 5.41) is 6.49. The highest BCUT2D eigenvalue weighted by atomic mass is 32.1. The molecule has 1 amide bonds. The van der Waals surface area contributed by atoms with Crippen LogP contribution in [0.4, 0.5) is 0 Å². The molecule has 3 heterocycles. The maximum Gasteiger partial charge on any atom is 0.247 e. The Bertz CT molecular complexity index is 1130. The van der Waals surface area contributed by atoms with Crippen molar-refractivity contribution in [3.8, 4) is 11.5 Å². The van der Waals surface area contributed by atoms with Crippen LogP contribution in [0.1, 0.15) is 39.0 Å². The zero-order valence-corrected chi connectivity index (χ0v) is 19.3. The first-order chi connectivity index (χ1) is 14.9. The molecule has 7 heteroatoms. The Hall–Kier alpha value is -3.06. The van der Waals surface area contributed by atoms with E-state index in [0.717, 1.165) is 33.8 Å². The van der Waals surface area contributed by atoms with E-state index < -0.39 is 0 Å². The van der Waals surface area contributed by atoms with Crippen molar-refractivity contribution in [2.24, 2.45) is 7.05 Å². The van der Waals surface area contributed by atoms with Gasteiger partial charge in [0, 0.05) is 35.8 Å². The summed E-state index contributed by atoms with van der Waals surface area (Å²) in [5.41, 5.74) is 5.22.